The molecule has 6 nitrogen and oxygen atoms in total. The standard InChI is InChI=1S/C23H22N6S/c1-23(2,3)29-21-19-20(25-13-24-19)27-22(28-21)26-16-10-8-14(9-11-16)18-12-15-6-4-5-7-17(15)30-18/h4-13H,1-3H3,(H3,24,25,26,27,28,29). The molecule has 2 aromatic carbocycles. The first-order valence-electron chi connectivity index (χ1n) is 9.80. The van der Waals surface area contributed by atoms with Crippen LogP contribution in [0.4, 0.5) is 17.5 Å². The Labute approximate surface area is 178 Å². The van der Waals surface area contributed by atoms with Gasteiger partial charge in [-0.15, -0.1) is 11.3 Å². The Morgan fingerprint density at radius 3 is 2.53 bits per heavy atom. The van der Waals surface area contributed by atoms with Gasteiger partial charge in [0.25, 0.3) is 0 Å². The number of hydrogen-bond donors (Lipinski definition) is 3. The van der Waals surface area contributed by atoms with Crippen molar-refractivity contribution in [3.05, 3.63) is 60.9 Å². The third kappa shape index (κ3) is 3.71. The van der Waals surface area contributed by atoms with Gasteiger partial charge in [-0.25, -0.2) is 4.98 Å². The number of anilines is 3. The van der Waals surface area contributed by atoms with Crippen LogP contribution in [0.2, 0.25) is 0 Å². The van der Waals surface area contributed by atoms with Crippen LogP contribution in [0.25, 0.3) is 31.7 Å². The fraction of sp³-hybridized carbons (Fsp3) is 0.174. The van der Waals surface area contributed by atoms with E-state index in [1.807, 2.05) is 0 Å². The van der Waals surface area contributed by atoms with Crippen molar-refractivity contribution in [2.24, 2.45) is 0 Å². The Hall–Kier alpha value is -3.45. The third-order valence-electron chi connectivity index (χ3n) is 4.63. The summed E-state index contributed by atoms with van der Waals surface area (Å²) in [6, 6.07) is 19.0. The van der Waals surface area contributed by atoms with Crippen LogP contribution in [-0.2, 0) is 0 Å². The summed E-state index contributed by atoms with van der Waals surface area (Å²) < 4.78 is 1.30. The normalized spacial score (nSPS) is 11.8. The van der Waals surface area contributed by atoms with Gasteiger partial charge in [0.15, 0.2) is 11.5 Å². The van der Waals surface area contributed by atoms with E-state index in [9.17, 15) is 0 Å². The number of benzene rings is 2. The van der Waals surface area contributed by atoms with Crippen molar-refractivity contribution in [2.45, 2.75) is 26.3 Å². The summed E-state index contributed by atoms with van der Waals surface area (Å²) in [6.07, 6.45) is 1.64. The van der Waals surface area contributed by atoms with Crippen molar-refractivity contribution < 1.29 is 0 Å². The van der Waals surface area contributed by atoms with E-state index in [2.05, 4.69) is 106 Å². The van der Waals surface area contributed by atoms with Crippen LogP contribution in [0.1, 0.15) is 20.8 Å². The van der Waals surface area contributed by atoms with E-state index in [1.54, 1.807) is 17.7 Å². The van der Waals surface area contributed by atoms with Crippen molar-refractivity contribution >= 4 is 50.0 Å². The van der Waals surface area contributed by atoms with Gasteiger partial charge in [0.1, 0.15) is 5.52 Å². The maximum Gasteiger partial charge on any atom is 0.231 e. The Kier molecular flexibility index (Phi) is 4.40. The van der Waals surface area contributed by atoms with Crippen LogP contribution in [0.15, 0.2) is 60.9 Å². The second-order valence-electron chi connectivity index (χ2n) is 8.22. The smallest absolute Gasteiger partial charge is 0.231 e. The molecule has 0 amide bonds. The topological polar surface area (TPSA) is 78.5 Å². The predicted molar refractivity (Wildman–Crippen MR) is 126 cm³/mol. The molecular formula is C23H22N6S. The van der Waals surface area contributed by atoms with E-state index in [4.69, 9.17) is 0 Å². The number of rotatable bonds is 4. The number of aromatic nitrogens is 4. The van der Waals surface area contributed by atoms with Crippen molar-refractivity contribution in [3.63, 3.8) is 0 Å². The summed E-state index contributed by atoms with van der Waals surface area (Å²) in [5, 5.41) is 8.00. The number of fused-ring (bicyclic) bond motifs is 2. The fourth-order valence-electron chi connectivity index (χ4n) is 3.31. The molecule has 0 aliphatic carbocycles. The summed E-state index contributed by atoms with van der Waals surface area (Å²) in [7, 11) is 0. The lowest BCUT2D eigenvalue weighted by Gasteiger charge is -2.21. The first-order valence-corrected chi connectivity index (χ1v) is 10.6. The lowest BCUT2D eigenvalue weighted by Crippen LogP contribution is -2.27. The molecule has 0 unspecified atom stereocenters. The molecule has 150 valence electrons. The highest BCUT2D eigenvalue weighted by Crippen LogP contribution is 2.34. The molecule has 7 heteroatoms. The molecule has 0 radical (unpaired) electrons. The molecule has 3 heterocycles. The highest BCUT2D eigenvalue weighted by Gasteiger charge is 2.16. The number of H-pyrrole nitrogens is 1. The highest BCUT2D eigenvalue weighted by atomic mass is 32.1. The minimum absolute atomic E-state index is 0.129. The van der Waals surface area contributed by atoms with Gasteiger partial charge in [0.2, 0.25) is 5.95 Å². The van der Waals surface area contributed by atoms with Crippen LogP contribution in [0.3, 0.4) is 0 Å². The Morgan fingerprint density at radius 2 is 1.77 bits per heavy atom. The van der Waals surface area contributed by atoms with E-state index in [1.165, 1.54) is 20.5 Å². The fourth-order valence-corrected chi connectivity index (χ4v) is 4.37. The summed E-state index contributed by atoms with van der Waals surface area (Å²) in [5.41, 5.74) is 3.42. The minimum Gasteiger partial charge on any atom is -0.364 e. The molecule has 5 aromatic rings. The van der Waals surface area contributed by atoms with Crippen molar-refractivity contribution in [3.8, 4) is 10.4 Å². The minimum atomic E-state index is -0.129. The molecule has 0 saturated heterocycles. The van der Waals surface area contributed by atoms with E-state index < -0.39 is 0 Å². The van der Waals surface area contributed by atoms with Gasteiger partial charge in [-0.3, -0.25) is 0 Å². The van der Waals surface area contributed by atoms with Gasteiger partial charge in [-0.2, -0.15) is 9.97 Å². The van der Waals surface area contributed by atoms with Gasteiger partial charge < -0.3 is 15.6 Å². The summed E-state index contributed by atoms with van der Waals surface area (Å²) in [6.45, 7) is 6.28. The van der Waals surface area contributed by atoms with Crippen molar-refractivity contribution in [1.29, 1.82) is 0 Å². The summed E-state index contributed by atoms with van der Waals surface area (Å²) in [4.78, 5) is 17.9. The zero-order valence-electron chi connectivity index (χ0n) is 17.0. The molecule has 0 saturated carbocycles. The molecule has 0 spiro atoms. The van der Waals surface area contributed by atoms with E-state index in [0.29, 0.717) is 11.6 Å². The Morgan fingerprint density at radius 1 is 0.967 bits per heavy atom. The average molecular weight is 415 g/mol. The quantitative estimate of drug-likeness (QED) is 0.327. The molecule has 0 fully saturated rings. The Balaban J connectivity index is 1.42. The van der Waals surface area contributed by atoms with Gasteiger partial charge in [0.05, 0.1) is 6.33 Å². The predicted octanol–water partition coefficient (Wildman–Crippen LogP) is 6.19. The number of aromatic amines is 1. The van der Waals surface area contributed by atoms with Crippen LogP contribution in [0.5, 0.6) is 0 Å². The number of hydrogen-bond acceptors (Lipinski definition) is 6. The average Bonchev–Trinajstić information content (AvgIpc) is 3.34. The van der Waals surface area contributed by atoms with Crippen LogP contribution < -0.4 is 10.6 Å². The van der Waals surface area contributed by atoms with Crippen LogP contribution in [-0.4, -0.2) is 25.5 Å². The van der Waals surface area contributed by atoms with E-state index >= 15 is 0 Å². The highest BCUT2D eigenvalue weighted by molar-refractivity contribution is 7.22. The SMILES string of the molecule is CC(C)(C)Nc1nc(Nc2ccc(-c3cc4ccccc4s3)cc2)nc2nc[nH]c12. The van der Waals surface area contributed by atoms with Gasteiger partial charge in [-0.1, -0.05) is 30.3 Å². The molecule has 0 bridgehead atoms. The van der Waals surface area contributed by atoms with Gasteiger partial charge in [0, 0.05) is 20.8 Å². The molecule has 5 rings (SSSR count). The van der Waals surface area contributed by atoms with E-state index in [-0.39, 0.29) is 5.54 Å². The van der Waals surface area contributed by atoms with Crippen molar-refractivity contribution in [2.75, 3.05) is 10.6 Å². The second-order valence-corrected chi connectivity index (χ2v) is 9.31. The first-order chi connectivity index (χ1) is 14.4. The zero-order chi connectivity index (χ0) is 20.7. The molecule has 0 aliphatic heterocycles. The molecule has 30 heavy (non-hydrogen) atoms. The third-order valence-corrected chi connectivity index (χ3v) is 5.80. The van der Waals surface area contributed by atoms with E-state index in [0.717, 1.165) is 17.0 Å². The summed E-state index contributed by atoms with van der Waals surface area (Å²) in [5.74, 6) is 1.24. The molecule has 0 aliphatic rings. The molecular weight excluding hydrogens is 392 g/mol. The largest absolute Gasteiger partial charge is 0.364 e. The number of imidazole rings is 1. The van der Waals surface area contributed by atoms with Gasteiger partial charge >= 0.3 is 0 Å². The summed E-state index contributed by atoms with van der Waals surface area (Å²) >= 11 is 1.80. The monoisotopic (exact) mass is 414 g/mol. The number of nitrogens with zero attached hydrogens (tertiary/aromatic N) is 3. The Bertz CT molecular complexity index is 1290. The molecule has 3 N–H and O–H groups in total. The van der Waals surface area contributed by atoms with Crippen molar-refractivity contribution in [1.82, 2.24) is 19.9 Å². The lowest BCUT2D eigenvalue weighted by molar-refractivity contribution is 0.631. The number of nitrogens with one attached hydrogen (secondary N) is 3. The van der Waals surface area contributed by atoms with Crippen LogP contribution in [0, 0.1) is 0 Å². The maximum absolute atomic E-state index is 4.66. The maximum atomic E-state index is 4.66. The molecule has 0 atom stereocenters. The number of thiophene rings is 1. The molecule has 3 aromatic heterocycles. The van der Waals surface area contributed by atoms with Crippen LogP contribution >= 0.6 is 11.3 Å². The first kappa shape index (κ1) is 18.6. The zero-order valence-corrected chi connectivity index (χ0v) is 17.8. The second kappa shape index (κ2) is 7.11. The van der Waals surface area contributed by atoms with Gasteiger partial charge in [-0.05, 0) is 56.0 Å². The lowest BCUT2D eigenvalue weighted by atomic mass is 10.1.